The highest BCUT2D eigenvalue weighted by Crippen LogP contribution is 2.29. The minimum Gasteiger partial charge on any atom is -0.489 e. The van der Waals surface area contributed by atoms with E-state index in [2.05, 4.69) is 0 Å². The number of rotatable bonds is 8. The number of hydrogen-bond acceptors (Lipinski definition) is 3. The molecule has 4 nitrogen and oxygen atoms in total. The van der Waals surface area contributed by atoms with E-state index in [1.807, 2.05) is 0 Å². The Hall–Kier alpha value is -2.54. The number of carboxylic acid groups (broad SMARTS) is 1. The van der Waals surface area contributed by atoms with E-state index in [1.165, 1.54) is 12.1 Å². The van der Waals surface area contributed by atoms with Gasteiger partial charge in [0.2, 0.25) is 0 Å². The van der Waals surface area contributed by atoms with Gasteiger partial charge >= 0.3 is 12.1 Å². The molecule has 0 aliphatic carbocycles. The molecule has 26 heavy (non-hydrogen) atoms. The first-order valence-corrected chi connectivity index (χ1v) is 8.02. The Balaban J connectivity index is 1.97. The summed E-state index contributed by atoms with van der Waals surface area (Å²) in [5.74, 6) is -0.426. The van der Waals surface area contributed by atoms with Gasteiger partial charge in [0.1, 0.15) is 12.4 Å². The molecule has 0 aromatic heterocycles. The van der Waals surface area contributed by atoms with E-state index in [0.29, 0.717) is 17.9 Å². The third-order valence-corrected chi connectivity index (χ3v) is 3.67. The summed E-state index contributed by atoms with van der Waals surface area (Å²) in [4.78, 5) is 10.9. The van der Waals surface area contributed by atoms with Gasteiger partial charge < -0.3 is 14.6 Å². The molecule has 2 aromatic rings. The van der Waals surface area contributed by atoms with Crippen LogP contribution in [0.2, 0.25) is 0 Å². The smallest absolute Gasteiger partial charge is 0.416 e. The number of alkyl halides is 3. The van der Waals surface area contributed by atoms with Gasteiger partial charge in [-0.15, -0.1) is 0 Å². The van der Waals surface area contributed by atoms with Gasteiger partial charge in [-0.05, 0) is 42.3 Å². The van der Waals surface area contributed by atoms with E-state index >= 15 is 0 Å². The van der Waals surface area contributed by atoms with Crippen LogP contribution in [0.15, 0.2) is 48.5 Å². The Morgan fingerprint density at radius 1 is 1.08 bits per heavy atom. The summed E-state index contributed by atoms with van der Waals surface area (Å²) >= 11 is 0. The largest absolute Gasteiger partial charge is 0.489 e. The Bertz CT molecular complexity index is 709. The van der Waals surface area contributed by atoms with Crippen LogP contribution in [0.5, 0.6) is 5.75 Å². The number of carbonyl (C=O) groups is 1. The molecule has 1 N–H and O–H groups in total. The number of ether oxygens (including phenoxy) is 2. The van der Waals surface area contributed by atoms with Crippen LogP contribution in [0, 0.1) is 0 Å². The second-order valence-corrected chi connectivity index (χ2v) is 5.59. The maximum absolute atomic E-state index is 12.5. The molecule has 2 aromatic carbocycles. The van der Waals surface area contributed by atoms with Crippen LogP contribution >= 0.6 is 0 Å². The Kier molecular flexibility index (Phi) is 6.63. The van der Waals surface area contributed by atoms with Crippen molar-refractivity contribution in [3.63, 3.8) is 0 Å². The highest BCUT2D eigenvalue weighted by Gasteiger charge is 2.29. The maximum atomic E-state index is 12.5. The van der Waals surface area contributed by atoms with Crippen LogP contribution in [0.4, 0.5) is 13.2 Å². The monoisotopic (exact) mass is 368 g/mol. The quantitative estimate of drug-likeness (QED) is 0.725. The molecule has 0 saturated carbocycles. The Morgan fingerprint density at radius 3 is 2.19 bits per heavy atom. The lowest BCUT2D eigenvalue weighted by molar-refractivity contribution is -0.140. The summed E-state index contributed by atoms with van der Waals surface area (Å²) in [6, 6.07) is 11.5. The van der Waals surface area contributed by atoms with Gasteiger partial charge in [0, 0.05) is 6.61 Å². The lowest BCUT2D eigenvalue weighted by Gasteiger charge is -2.16. The van der Waals surface area contributed by atoms with Gasteiger partial charge in [-0.2, -0.15) is 13.2 Å². The molecule has 1 atom stereocenters. The predicted octanol–water partition coefficient (Wildman–Crippen LogP) is 4.84. The SMILES string of the molecule is CCO[C@@H](CC(=O)O)c1ccc(OCc2ccc(C(F)(F)F)cc2)cc1. The van der Waals surface area contributed by atoms with Crippen LogP contribution in [0.3, 0.4) is 0 Å². The summed E-state index contributed by atoms with van der Waals surface area (Å²) in [7, 11) is 0. The fourth-order valence-electron chi connectivity index (χ4n) is 2.37. The molecule has 0 unspecified atom stereocenters. The van der Waals surface area contributed by atoms with E-state index < -0.39 is 23.8 Å². The third-order valence-electron chi connectivity index (χ3n) is 3.67. The molecular formula is C19H19F3O4. The summed E-state index contributed by atoms with van der Waals surface area (Å²) < 4.78 is 48.6. The van der Waals surface area contributed by atoms with Crippen molar-refractivity contribution < 1.29 is 32.5 Å². The number of benzene rings is 2. The zero-order chi connectivity index (χ0) is 19.2. The van der Waals surface area contributed by atoms with Gasteiger partial charge in [0.05, 0.1) is 18.1 Å². The first-order chi connectivity index (χ1) is 12.3. The lowest BCUT2D eigenvalue weighted by atomic mass is 10.1. The Morgan fingerprint density at radius 2 is 1.69 bits per heavy atom. The second kappa shape index (κ2) is 8.71. The van der Waals surface area contributed by atoms with Crippen molar-refractivity contribution >= 4 is 5.97 Å². The molecule has 0 radical (unpaired) electrons. The highest BCUT2D eigenvalue weighted by atomic mass is 19.4. The van der Waals surface area contributed by atoms with Gasteiger partial charge in [-0.25, -0.2) is 0 Å². The average molecular weight is 368 g/mol. The van der Waals surface area contributed by atoms with Crippen LogP contribution in [0.1, 0.15) is 36.1 Å². The fraction of sp³-hybridized carbons (Fsp3) is 0.316. The predicted molar refractivity (Wildman–Crippen MR) is 88.8 cm³/mol. The van der Waals surface area contributed by atoms with Gasteiger partial charge in [-0.1, -0.05) is 24.3 Å². The second-order valence-electron chi connectivity index (χ2n) is 5.59. The topological polar surface area (TPSA) is 55.8 Å². The number of halogens is 3. The summed E-state index contributed by atoms with van der Waals surface area (Å²) in [5.41, 5.74) is 0.627. The highest BCUT2D eigenvalue weighted by molar-refractivity contribution is 5.67. The van der Waals surface area contributed by atoms with Crippen molar-refractivity contribution in [3.05, 3.63) is 65.2 Å². The van der Waals surface area contributed by atoms with Crippen LogP contribution < -0.4 is 4.74 Å². The minimum absolute atomic E-state index is 0.126. The van der Waals surface area contributed by atoms with E-state index in [4.69, 9.17) is 14.6 Å². The molecule has 0 aliphatic rings. The molecule has 0 bridgehead atoms. The summed E-state index contributed by atoms with van der Waals surface area (Å²) in [5, 5.41) is 8.93. The van der Waals surface area contributed by atoms with Crippen molar-refractivity contribution in [2.75, 3.05) is 6.61 Å². The molecule has 2 rings (SSSR count). The summed E-state index contributed by atoms with van der Waals surface area (Å²) in [6.07, 6.45) is -5.04. The normalized spacial score (nSPS) is 12.6. The molecule has 0 fully saturated rings. The van der Waals surface area contributed by atoms with Gasteiger partial charge in [0.25, 0.3) is 0 Å². The lowest BCUT2D eigenvalue weighted by Crippen LogP contribution is -2.10. The standard InChI is InChI=1S/C19H19F3O4/c1-2-25-17(11-18(23)24)14-5-9-16(10-6-14)26-12-13-3-7-15(8-4-13)19(20,21)22/h3-10,17H,2,11-12H2,1H3,(H,23,24)/t17-/m0/s1. The zero-order valence-corrected chi connectivity index (χ0v) is 14.1. The number of carboxylic acids is 1. The molecule has 0 amide bonds. The average Bonchev–Trinajstić information content (AvgIpc) is 2.59. The van der Waals surface area contributed by atoms with Crippen LogP contribution in [0.25, 0.3) is 0 Å². The molecular weight excluding hydrogens is 349 g/mol. The third kappa shape index (κ3) is 5.77. The first-order valence-electron chi connectivity index (χ1n) is 8.02. The molecule has 140 valence electrons. The van der Waals surface area contributed by atoms with Gasteiger partial charge in [0.15, 0.2) is 0 Å². The molecule has 0 saturated heterocycles. The van der Waals surface area contributed by atoms with Gasteiger partial charge in [-0.3, -0.25) is 4.79 Å². The zero-order valence-electron chi connectivity index (χ0n) is 14.1. The molecule has 7 heteroatoms. The number of aliphatic carboxylic acids is 1. The van der Waals surface area contributed by atoms with Crippen molar-refractivity contribution in [3.8, 4) is 5.75 Å². The summed E-state index contributed by atoms with van der Waals surface area (Å²) in [6.45, 7) is 2.31. The van der Waals surface area contributed by atoms with E-state index in [9.17, 15) is 18.0 Å². The first kappa shape index (κ1) is 19.8. The van der Waals surface area contributed by atoms with Crippen molar-refractivity contribution in [1.82, 2.24) is 0 Å². The Labute approximate surface area is 149 Å². The minimum atomic E-state index is -4.36. The number of hydrogen-bond donors (Lipinski definition) is 1. The van der Waals surface area contributed by atoms with Crippen LogP contribution in [-0.2, 0) is 22.3 Å². The van der Waals surface area contributed by atoms with Crippen molar-refractivity contribution in [1.29, 1.82) is 0 Å². The molecule has 0 spiro atoms. The molecule has 0 heterocycles. The fourth-order valence-corrected chi connectivity index (χ4v) is 2.37. The van der Waals surface area contributed by atoms with Crippen molar-refractivity contribution in [2.24, 2.45) is 0 Å². The van der Waals surface area contributed by atoms with E-state index in [1.54, 1.807) is 31.2 Å². The maximum Gasteiger partial charge on any atom is 0.416 e. The van der Waals surface area contributed by atoms with E-state index in [-0.39, 0.29) is 13.0 Å². The van der Waals surface area contributed by atoms with E-state index in [0.717, 1.165) is 17.7 Å². The van der Waals surface area contributed by atoms with Crippen LogP contribution in [-0.4, -0.2) is 17.7 Å². The van der Waals surface area contributed by atoms with Crippen molar-refractivity contribution in [2.45, 2.75) is 32.2 Å². The molecule has 0 aliphatic heterocycles.